The van der Waals surface area contributed by atoms with Gasteiger partial charge in [-0.15, -0.1) is 11.3 Å². The van der Waals surface area contributed by atoms with Crippen molar-refractivity contribution in [1.29, 1.82) is 0 Å². The molecule has 0 radical (unpaired) electrons. The molecule has 0 saturated heterocycles. The number of rotatable bonds is 5. The number of carbonyl (C=O) groups excluding carboxylic acids is 1. The number of fused-ring (bicyclic) bond motifs is 1. The molecule has 0 spiro atoms. The molecule has 1 amide bonds. The molecule has 146 valence electrons. The van der Waals surface area contributed by atoms with Crippen LogP contribution in [0.25, 0.3) is 22.2 Å². The van der Waals surface area contributed by atoms with Gasteiger partial charge in [0.2, 0.25) is 0 Å². The third-order valence-electron chi connectivity index (χ3n) is 4.38. The molecule has 0 bridgehead atoms. The number of hydrogen-bond donors (Lipinski definition) is 1. The first-order chi connectivity index (χ1) is 14.0. The average Bonchev–Trinajstić information content (AvgIpc) is 3.06. The van der Waals surface area contributed by atoms with Crippen LogP contribution in [0.4, 0.5) is 5.13 Å². The highest BCUT2D eigenvalue weighted by Gasteiger charge is 2.13. The van der Waals surface area contributed by atoms with Crippen molar-refractivity contribution < 1.29 is 13.9 Å². The number of aryl methyl sites for hydroxylation is 2. The average molecular weight is 406 g/mol. The van der Waals surface area contributed by atoms with Crippen molar-refractivity contribution in [3.05, 3.63) is 75.5 Å². The van der Waals surface area contributed by atoms with Crippen LogP contribution < -0.4 is 15.7 Å². The van der Waals surface area contributed by atoms with E-state index in [0.717, 1.165) is 27.1 Å². The Morgan fingerprint density at radius 3 is 2.72 bits per heavy atom. The highest BCUT2D eigenvalue weighted by Crippen LogP contribution is 2.30. The number of carbonyl (C=O) groups is 1. The summed E-state index contributed by atoms with van der Waals surface area (Å²) in [4.78, 5) is 29.3. The lowest BCUT2D eigenvalue weighted by molar-refractivity contribution is -0.118. The van der Waals surface area contributed by atoms with Crippen LogP contribution in [0, 0.1) is 13.8 Å². The van der Waals surface area contributed by atoms with E-state index in [1.807, 2.05) is 44.2 Å². The van der Waals surface area contributed by atoms with E-state index in [1.165, 1.54) is 17.4 Å². The van der Waals surface area contributed by atoms with Gasteiger partial charge in [-0.2, -0.15) is 0 Å². The minimum atomic E-state index is -0.418. The van der Waals surface area contributed by atoms with Gasteiger partial charge in [0.05, 0.1) is 5.69 Å². The first-order valence-corrected chi connectivity index (χ1v) is 9.81. The number of benzene rings is 2. The van der Waals surface area contributed by atoms with Crippen LogP contribution >= 0.6 is 11.3 Å². The summed E-state index contributed by atoms with van der Waals surface area (Å²) in [5, 5.41) is 4.12. The zero-order chi connectivity index (χ0) is 20.4. The van der Waals surface area contributed by atoms with Crippen LogP contribution in [-0.4, -0.2) is 17.5 Å². The van der Waals surface area contributed by atoms with Crippen LogP contribution in [-0.2, 0) is 4.79 Å². The van der Waals surface area contributed by atoms with Crippen LogP contribution in [0.1, 0.15) is 10.4 Å². The van der Waals surface area contributed by atoms with Gasteiger partial charge in [0.1, 0.15) is 11.3 Å². The summed E-state index contributed by atoms with van der Waals surface area (Å²) in [5.41, 5.74) is 2.70. The van der Waals surface area contributed by atoms with Gasteiger partial charge in [0.25, 0.3) is 5.91 Å². The fraction of sp³-hybridized carbons (Fsp3) is 0.136. The molecule has 0 aliphatic heterocycles. The van der Waals surface area contributed by atoms with Crippen molar-refractivity contribution in [2.24, 2.45) is 0 Å². The number of anilines is 1. The molecule has 0 aliphatic rings. The second-order valence-corrected chi connectivity index (χ2v) is 7.74. The largest absolute Gasteiger partial charge is 0.484 e. The quantitative estimate of drug-likeness (QED) is 0.492. The second-order valence-electron chi connectivity index (χ2n) is 6.53. The molecular formula is C22H18N2O4S. The maximum atomic E-state index is 12.3. The molecule has 2 aromatic heterocycles. The molecular weight excluding hydrogens is 388 g/mol. The molecule has 6 nitrogen and oxygen atoms in total. The third kappa shape index (κ3) is 4.20. The Balaban J connectivity index is 1.43. The van der Waals surface area contributed by atoms with Gasteiger partial charge in [-0.25, -0.2) is 9.78 Å². The summed E-state index contributed by atoms with van der Waals surface area (Å²) < 4.78 is 10.8. The van der Waals surface area contributed by atoms with E-state index in [-0.39, 0.29) is 12.5 Å². The molecule has 29 heavy (non-hydrogen) atoms. The van der Waals surface area contributed by atoms with E-state index in [0.29, 0.717) is 16.5 Å². The summed E-state index contributed by atoms with van der Waals surface area (Å²) in [6, 6.07) is 16.4. The second kappa shape index (κ2) is 7.89. The Morgan fingerprint density at radius 1 is 1.14 bits per heavy atom. The Labute approximate surface area is 170 Å². The standard InChI is InChI=1S/C22H18N2O4S/c1-13-10-20(26)28-18-11-16(8-9-17(13)18)27-12-19(25)23-22-24-21(14(2)29-22)15-6-4-3-5-7-15/h3-11H,12H2,1-2H3,(H,23,24,25). The fourth-order valence-electron chi connectivity index (χ4n) is 3.01. The van der Waals surface area contributed by atoms with Gasteiger partial charge in [-0.1, -0.05) is 30.3 Å². The van der Waals surface area contributed by atoms with Crippen molar-refractivity contribution in [3.63, 3.8) is 0 Å². The summed E-state index contributed by atoms with van der Waals surface area (Å²) in [5.74, 6) is 0.130. The summed E-state index contributed by atoms with van der Waals surface area (Å²) in [7, 11) is 0. The lowest BCUT2D eigenvalue weighted by Gasteiger charge is -2.07. The zero-order valence-corrected chi connectivity index (χ0v) is 16.7. The molecule has 0 atom stereocenters. The number of thiazole rings is 1. The molecule has 2 heterocycles. The smallest absolute Gasteiger partial charge is 0.336 e. The van der Waals surface area contributed by atoms with Crippen LogP contribution in [0.5, 0.6) is 5.75 Å². The summed E-state index contributed by atoms with van der Waals surface area (Å²) in [6.45, 7) is 3.63. The fourth-order valence-corrected chi connectivity index (χ4v) is 3.86. The molecule has 0 saturated carbocycles. The topological polar surface area (TPSA) is 81.4 Å². The number of nitrogens with zero attached hydrogens (tertiary/aromatic N) is 1. The van der Waals surface area contributed by atoms with Crippen LogP contribution in [0.15, 0.2) is 63.8 Å². The number of aromatic nitrogens is 1. The van der Waals surface area contributed by atoms with Gasteiger partial charge >= 0.3 is 5.63 Å². The van der Waals surface area contributed by atoms with Crippen molar-refractivity contribution in [1.82, 2.24) is 4.98 Å². The van der Waals surface area contributed by atoms with E-state index in [9.17, 15) is 9.59 Å². The van der Waals surface area contributed by atoms with Gasteiger partial charge < -0.3 is 9.15 Å². The van der Waals surface area contributed by atoms with Crippen molar-refractivity contribution >= 4 is 33.3 Å². The zero-order valence-electron chi connectivity index (χ0n) is 15.9. The summed E-state index contributed by atoms with van der Waals surface area (Å²) >= 11 is 1.42. The Morgan fingerprint density at radius 2 is 1.93 bits per heavy atom. The Hall–Kier alpha value is -3.45. The molecule has 7 heteroatoms. The van der Waals surface area contributed by atoms with E-state index in [2.05, 4.69) is 10.3 Å². The Kier molecular flexibility index (Phi) is 5.14. The first kappa shape index (κ1) is 18.9. The van der Waals surface area contributed by atoms with E-state index >= 15 is 0 Å². The van der Waals surface area contributed by atoms with Gasteiger partial charge in [-0.05, 0) is 31.5 Å². The molecule has 0 aliphatic carbocycles. The van der Waals surface area contributed by atoms with Crippen molar-refractivity contribution in [3.8, 4) is 17.0 Å². The molecule has 2 aromatic carbocycles. The molecule has 0 unspecified atom stereocenters. The predicted molar refractivity (Wildman–Crippen MR) is 114 cm³/mol. The van der Waals surface area contributed by atoms with E-state index in [1.54, 1.807) is 18.2 Å². The maximum Gasteiger partial charge on any atom is 0.336 e. The molecule has 4 aromatic rings. The van der Waals surface area contributed by atoms with Crippen LogP contribution in [0.2, 0.25) is 0 Å². The maximum absolute atomic E-state index is 12.3. The summed E-state index contributed by atoms with van der Waals surface area (Å²) in [6.07, 6.45) is 0. The van der Waals surface area contributed by atoms with E-state index in [4.69, 9.17) is 9.15 Å². The van der Waals surface area contributed by atoms with Gasteiger partial charge in [0, 0.05) is 28.0 Å². The highest BCUT2D eigenvalue weighted by atomic mass is 32.1. The normalized spacial score (nSPS) is 10.8. The number of nitrogens with one attached hydrogen (secondary N) is 1. The third-order valence-corrected chi connectivity index (χ3v) is 5.27. The molecule has 1 N–H and O–H groups in total. The van der Waals surface area contributed by atoms with Gasteiger partial charge in [0.15, 0.2) is 11.7 Å². The van der Waals surface area contributed by atoms with Crippen LogP contribution in [0.3, 0.4) is 0 Å². The highest BCUT2D eigenvalue weighted by molar-refractivity contribution is 7.16. The van der Waals surface area contributed by atoms with Crippen molar-refractivity contribution in [2.75, 3.05) is 11.9 Å². The number of ether oxygens (including phenoxy) is 1. The Bertz CT molecular complexity index is 1240. The molecule has 0 fully saturated rings. The predicted octanol–water partition coefficient (Wildman–Crippen LogP) is 4.55. The number of amides is 1. The van der Waals surface area contributed by atoms with Crippen molar-refractivity contribution in [2.45, 2.75) is 13.8 Å². The number of hydrogen-bond acceptors (Lipinski definition) is 6. The molecule has 4 rings (SSSR count). The lowest BCUT2D eigenvalue weighted by Crippen LogP contribution is -2.20. The lowest BCUT2D eigenvalue weighted by atomic mass is 10.1. The first-order valence-electron chi connectivity index (χ1n) is 8.99. The monoisotopic (exact) mass is 406 g/mol. The van der Waals surface area contributed by atoms with E-state index < -0.39 is 5.63 Å². The SMILES string of the molecule is Cc1sc(NC(=O)COc2ccc3c(C)cc(=O)oc3c2)nc1-c1ccccc1. The van der Waals surface area contributed by atoms with Gasteiger partial charge in [-0.3, -0.25) is 10.1 Å². The minimum absolute atomic E-state index is 0.180. The minimum Gasteiger partial charge on any atom is -0.484 e.